The van der Waals surface area contributed by atoms with E-state index in [1.54, 1.807) is 16.2 Å². The Morgan fingerprint density at radius 1 is 0.712 bits per heavy atom. The van der Waals surface area contributed by atoms with E-state index in [0.29, 0.717) is 66.8 Å². The number of aromatic nitrogens is 8. The fourth-order valence-corrected chi connectivity index (χ4v) is 7.38. The van der Waals surface area contributed by atoms with Crippen LogP contribution in [0.25, 0.3) is 33.4 Å². The third-order valence-corrected chi connectivity index (χ3v) is 10.1. The van der Waals surface area contributed by atoms with Gasteiger partial charge in [0.2, 0.25) is 23.5 Å². The molecule has 4 aromatic heterocycles. The van der Waals surface area contributed by atoms with Crippen molar-refractivity contribution in [2.75, 3.05) is 30.4 Å². The zero-order chi connectivity index (χ0) is 35.9. The van der Waals surface area contributed by atoms with Crippen LogP contribution < -0.4 is 21.3 Å². The van der Waals surface area contributed by atoms with Crippen LogP contribution in [0.1, 0.15) is 17.5 Å². The average molecular weight is 825 g/mol. The Hall–Kier alpha value is -5.38. The molecule has 2 N–H and O–H groups in total. The highest BCUT2D eigenvalue weighted by atomic mass is 79.9. The third-order valence-electron chi connectivity index (χ3n) is 9.14. The van der Waals surface area contributed by atoms with Crippen LogP contribution in [-0.2, 0) is 13.1 Å². The van der Waals surface area contributed by atoms with Crippen molar-refractivity contribution in [2.24, 2.45) is 0 Å². The number of fused-ring (bicyclic) bond motifs is 6. The maximum absolute atomic E-state index is 13.3. The summed E-state index contributed by atoms with van der Waals surface area (Å²) in [7, 11) is 1.79. The Morgan fingerprint density at radius 2 is 1.23 bits per heavy atom. The minimum Gasteiger partial charge on any atom is -0.391 e. The molecule has 1 saturated heterocycles. The number of aliphatic hydroxyl groups is 1. The summed E-state index contributed by atoms with van der Waals surface area (Å²) in [5, 5.41) is 31.3. The molecular weight excluding hydrogens is 792 g/mol. The van der Waals surface area contributed by atoms with Crippen molar-refractivity contribution in [1.82, 2.24) is 38.3 Å². The molecule has 9 rings (SSSR count). The van der Waals surface area contributed by atoms with Crippen molar-refractivity contribution in [3.63, 3.8) is 0 Å². The zero-order valence-electron chi connectivity index (χ0n) is 27.9. The third kappa shape index (κ3) is 6.14. The van der Waals surface area contributed by atoms with Gasteiger partial charge in [0.05, 0.1) is 41.0 Å². The van der Waals surface area contributed by atoms with E-state index in [9.17, 15) is 14.7 Å². The average Bonchev–Trinajstić information content (AvgIpc) is 3.91. The van der Waals surface area contributed by atoms with E-state index in [-0.39, 0.29) is 17.2 Å². The maximum Gasteiger partial charge on any atom is 0.263 e. The van der Waals surface area contributed by atoms with Gasteiger partial charge in [-0.15, -0.1) is 20.4 Å². The van der Waals surface area contributed by atoms with Gasteiger partial charge in [-0.1, -0.05) is 92.5 Å². The molecule has 0 amide bonds. The predicted octanol–water partition coefficient (Wildman–Crippen LogP) is 5.32. The second-order valence-corrected chi connectivity index (χ2v) is 14.3. The van der Waals surface area contributed by atoms with Crippen molar-refractivity contribution in [2.45, 2.75) is 25.6 Å². The van der Waals surface area contributed by atoms with E-state index < -0.39 is 0 Å². The molecule has 1 unspecified atom stereocenters. The van der Waals surface area contributed by atoms with Crippen LogP contribution >= 0.6 is 31.9 Å². The van der Waals surface area contributed by atoms with Crippen LogP contribution in [0.3, 0.4) is 0 Å². The number of nitrogens with one attached hydrogen (secondary N) is 1. The van der Waals surface area contributed by atoms with Gasteiger partial charge >= 0.3 is 0 Å². The summed E-state index contributed by atoms with van der Waals surface area (Å²) in [5.41, 5.74) is 3.39. The second kappa shape index (κ2) is 14.0. The van der Waals surface area contributed by atoms with Crippen LogP contribution in [-0.4, -0.2) is 69.7 Å². The highest BCUT2D eigenvalue weighted by molar-refractivity contribution is 9.10. The molecule has 0 spiro atoms. The van der Waals surface area contributed by atoms with Crippen LogP contribution in [0.15, 0.2) is 116 Å². The number of aliphatic hydroxyl groups excluding tert-OH is 1. The second-order valence-electron chi connectivity index (χ2n) is 12.5. The molecule has 1 atom stereocenters. The first-order valence-corrected chi connectivity index (χ1v) is 18.2. The van der Waals surface area contributed by atoms with Gasteiger partial charge in [-0.2, -0.15) is 0 Å². The van der Waals surface area contributed by atoms with Crippen molar-refractivity contribution < 1.29 is 5.11 Å². The lowest BCUT2D eigenvalue weighted by Gasteiger charge is -2.17. The van der Waals surface area contributed by atoms with E-state index in [2.05, 4.69) is 57.6 Å². The van der Waals surface area contributed by atoms with E-state index in [0.717, 1.165) is 31.1 Å². The lowest BCUT2D eigenvalue weighted by atomic mass is 10.2. The quantitative estimate of drug-likeness (QED) is 0.228. The monoisotopic (exact) mass is 822 g/mol. The molecule has 1 fully saturated rings. The lowest BCUT2D eigenvalue weighted by Crippen LogP contribution is -2.26. The Bertz CT molecular complexity index is 2710. The van der Waals surface area contributed by atoms with Crippen molar-refractivity contribution >= 4 is 77.1 Å². The molecule has 0 aliphatic carbocycles. The van der Waals surface area contributed by atoms with Crippen LogP contribution in [0.4, 0.5) is 11.9 Å². The van der Waals surface area contributed by atoms with Crippen molar-refractivity contribution in [3.8, 4) is 0 Å². The SMILES string of the molecule is CNc1nnc2n(Cc3ccccc3)c(=O)c3cc(Br)ccc3n12.O=c1c2cc(Br)ccc2n2c(N3CCC(O)C3)nnc2n1Cc1ccccc1. The first-order valence-electron chi connectivity index (χ1n) is 16.6. The molecule has 8 aromatic rings. The Labute approximate surface area is 313 Å². The van der Waals surface area contributed by atoms with E-state index >= 15 is 0 Å². The Morgan fingerprint density at radius 3 is 1.75 bits per heavy atom. The summed E-state index contributed by atoms with van der Waals surface area (Å²) in [6.07, 6.45) is 0.324. The number of benzene rings is 4. The summed E-state index contributed by atoms with van der Waals surface area (Å²) >= 11 is 6.92. The minimum absolute atomic E-state index is 0.0855. The van der Waals surface area contributed by atoms with Gasteiger partial charge in [0.15, 0.2) is 0 Å². The topological polar surface area (TPSA) is 140 Å². The van der Waals surface area contributed by atoms with Gasteiger partial charge in [-0.25, -0.2) is 8.80 Å². The molecular formula is C37H32Br2N10O3. The number of hydrogen-bond acceptors (Lipinski definition) is 9. The van der Waals surface area contributed by atoms with Gasteiger partial charge in [-0.3, -0.25) is 18.7 Å². The summed E-state index contributed by atoms with van der Waals surface area (Å²) in [6.45, 7) is 2.06. The highest BCUT2D eigenvalue weighted by Crippen LogP contribution is 2.26. The lowest BCUT2D eigenvalue weighted by molar-refractivity contribution is 0.198. The van der Waals surface area contributed by atoms with E-state index in [4.69, 9.17) is 0 Å². The molecule has 0 bridgehead atoms. The van der Waals surface area contributed by atoms with Gasteiger partial charge in [0.25, 0.3) is 11.1 Å². The van der Waals surface area contributed by atoms with Crippen LogP contribution in [0, 0.1) is 0 Å². The van der Waals surface area contributed by atoms with Crippen molar-refractivity contribution in [1.29, 1.82) is 0 Å². The van der Waals surface area contributed by atoms with Crippen LogP contribution in [0.2, 0.25) is 0 Å². The molecule has 262 valence electrons. The van der Waals surface area contributed by atoms with Gasteiger partial charge in [0.1, 0.15) is 0 Å². The number of rotatable bonds is 6. The summed E-state index contributed by atoms with van der Waals surface area (Å²) < 4.78 is 8.80. The number of hydrogen-bond donors (Lipinski definition) is 2. The molecule has 4 aromatic carbocycles. The van der Waals surface area contributed by atoms with E-state index in [1.165, 1.54) is 0 Å². The molecule has 15 heteroatoms. The fourth-order valence-electron chi connectivity index (χ4n) is 6.66. The first kappa shape index (κ1) is 33.7. The van der Waals surface area contributed by atoms with Crippen molar-refractivity contribution in [3.05, 3.63) is 138 Å². The largest absolute Gasteiger partial charge is 0.391 e. The molecule has 13 nitrogen and oxygen atoms in total. The highest BCUT2D eigenvalue weighted by Gasteiger charge is 2.26. The Balaban J connectivity index is 0.000000151. The normalized spacial score (nSPS) is 14.4. The zero-order valence-corrected chi connectivity index (χ0v) is 31.1. The number of β-amino-alcohol motifs (C(OH)–C–C–N with tert-alkyl or cyclic N) is 1. The first-order chi connectivity index (χ1) is 25.3. The fraction of sp³-hybridized carbons (Fsp3) is 0.189. The molecule has 1 aliphatic rings. The molecule has 5 heterocycles. The standard InChI is InChI=1S/C20H18BrN5O2.C17H14BrN5O/c21-14-6-7-17-16(10-14)18(28)25(11-13-4-2-1-3-5-13)20-23-22-19(26(17)20)24-9-8-15(27)12-24;1-19-16-20-21-17-22(10-11-5-3-2-4-6-11)15(24)13-9-12(18)7-8-14(13)23(16)17/h1-7,10,15,27H,8-9,11-12H2;2-9H,10H2,1H3,(H,19,20). The van der Waals surface area contributed by atoms with Gasteiger partial charge in [-0.05, 0) is 53.9 Å². The molecule has 0 saturated carbocycles. The number of anilines is 2. The van der Waals surface area contributed by atoms with E-state index in [1.807, 2.05) is 111 Å². The minimum atomic E-state index is -0.372. The van der Waals surface area contributed by atoms with Gasteiger partial charge < -0.3 is 15.3 Å². The number of halogens is 2. The molecule has 0 radical (unpaired) electrons. The maximum atomic E-state index is 13.3. The summed E-state index contributed by atoms with van der Waals surface area (Å²) in [5.74, 6) is 2.27. The molecule has 1 aliphatic heterocycles. The predicted molar refractivity (Wildman–Crippen MR) is 208 cm³/mol. The summed E-state index contributed by atoms with van der Waals surface area (Å²) in [4.78, 5) is 28.3. The van der Waals surface area contributed by atoms with Gasteiger partial charge in [0, 0.05) is 29.1 Å². The molecule has 52 heavy (non-hydrogen) atoms. The number of nitrogens with zero attached hydrogens (tertiary/aromatic N) is 9. The smallest absolute Gasteiger partial charge is 0.263 e. The summed E-state index contributed by atoms with van der Waals surface area (Å²) in [6, 6.07) is 31.0. The Kier molecular flexibility index (Phi) is 9.07. The van der Waals surface area contributed by atoms with Crippen LogP contribution in [0.5, 0.6) is 0 Å².